The summed E-state index contributed by atoms with van der Waals surface area (Å²) in [6, 6.07) is 0. The van der Waals surface area contributed by atoms with Crippen molar-refractivity contribution in [3.63, 3.8) is 0 Å². The number of hydrogen-bond acceptors (Lipinski definition) is 6. The summed E-state index contributed by atoms with van der Waals surface area (Å²) in [4.78, 5) is 14.7. The summed E-state index contributed by atoms with van der Waals surface area (Å²) >= 11 is 0. The first-order valence-corrected chi connectivity index (χ1v) is 9.43. The Balaban J connectivity index is 1.72. The van der Waals surface area contributed by atoms with Gasteiger partial charge in [0.15, 0.2) is 5.03 Å². The molecule has 0 radical (unpaired) electrons. The molecule has 8 nitrogen and oxygen atoms in total. The van der Waals surface area contributed by atoms with Gasteiger partial charge in [0.1, 0.15) is 5.82 Å². The lowest BCUT2D eigenvalue weighted by Gasteiger charge is -2.30. The van der Waals surface area contributed by atoms with E-state index in [1.807, 2.05) is 0 Å². The van der Waals surface area contributed by atoms with Crippen molar-refractivity contribution in [3.05, 3.63) is 24.4 Å². The molecule has 0 spiro atoms. The maximum atomic E-state index is 12.3. The van der Waals surface area contributed by atoms with Crippen LogP contribution in [-0.4, -0.2) is 41.0 Å². The summed E-state index contributed by atoms with van der Waals surface area (Å²) in [6.07, 6.45) is 6.71. The number of imidazole rings is 1. The average molecular weight is 350 g/mol. The van der Waals surface area contributed by atoms with Crippen molar-refractivity contribution in [1.29, 1.82) is 0 Å². The molecule has 1 N–H and O–H groups in total. The standard InChI is InChI=1S/C15H22N6O2S/c1-11-4-6-21(7-5-11)15-16-8-13(9-17-15)19-24(22,23)14-10-20(3)12(2)18-14/h8-11,19H,4-7H2,1-3H3. The number of nitrogens with zero attached hydrogens (tertiary/aromatic N) is 5. The van der Waals surface area contributed by atoms with E-state index < -0.39 is 10.0 Å². The smallest absolute Gasteiger partial charge is 0.281 e. The molecule has 1 aliphatic rings. The Hall–Kier alpha value is -2.16. The molecule has 0 atom stereocenters. The van der Waals surface area contributed by atoms with E-state index in [1.54, 1.807) is 18.5 Å². The first-order valence-electron chi connectivity index (χ1n) is 7.95. The second-order valence-corrected chi connectivity index (χ2v) is 7.91. The molecule has 2 aromatic rings. The van der Waals surface area contributed by atoms with Crippen LogP contribution in [0.1, 0.15) is 25.6 Å². The SMILES string of the molecule is Cc1nc(S(=O)(=O)Nc2cnc(N3CCC(C)CC3)nc2)cn1C. The highest BCUT2D eigenvalue weighted by atomic mass is 32.2. The van der Waals surface area contributed by atoms with Crippen molar-refractivity contribution in [2.24, 2.45) is 13.0 Å². The normalized spacial score (nSPS) is 16.4. The zero-order valence-electron chi connectivity index (χ0n) is 14.1. The van der Waals surface area contributed by atoms with Gasteiger partial charge in [0, 0.05) is 26.3 Å². The fraction of sp³-hybridized carbons (Fsp3) is 0.533. The second kappa shape index (κ2) is 6.39. The number of aryl methyl sites for hydroxylation is 2. The van der Waals surface area contributed by atoms with Crippen molar-refractivity contribution in [2.75, 3.05) is 22.7 Å². The van der Waals surface area contributed by atoms with Gasteiger partial charge in [0.2, 0.25) is 5.95 Å². The molecule has 0 bridgehead atoms. The van der Waals surface area contributed by atoms with Gasteiger partial charge in [-0.05, 0) is 25.7 Å². The van der Waals surface area contributed by atoms with E-state index in [1.165, 1.54) is 18.6 Å². The molecule has 0 amide bonds. The fourth-order valence-corrected chi connectivity index (χ4v) is 3.68. The highest BCUT2D eigenvalue weighted by molar-refractivity contribution is 7.92. The topological polar surface area (TPSA) is 93.0 Å². The summed E-state index contributed by atoms with van der Waals surface area (Å²) in [5.74, 6) is 1.99. The summed E-state index contributed by atoms with van der Waals surface area (Å²) in [6.45, 7) is 5.85. The molecule has 1 saturated heterocycles. The maximum Gasteiger partial charge on any atom is 0.281 e. The molecule has 0 aromatic carbocycles. The molecule has 3 heterocycles. The lowest BCUT2D eigenvalue weighted by atomic mass is 10.00. The zero-order chi connectivity index (χ0) is 17.3. The molecule has 24 heavy (non-hydrogen) atoms. The van der Waals surface area contributed by atoms with E-state index >= 15 is 0 Å². The number of aromatic nitrogens is 4. The molecule has 1 fully saturated rings. The monoisotopic (exact) mass is 350 g/mol. The number of anilines is 2. The number of rotatable bonds is 4. The van der Waals surface area contributed by atoms with Crippen LogP contribution in [0.2, 0.25) is 0 Å². The predicted molar refractivity (Wildman–Crippen MR) is 91.4 cm³/mol. The molecule has 1 aliphatic heterocycles. The number of hydrogen-bond donors (Lipinski definition) is 1. The molecule has 9 heteroatoms. The fourth-order valence-electron chi connectivity index (χ4n) is 2.61. The highest BCUT2D eigenvalue weighted by Crippen LogP contribution is 2.21. The van der Waals surface area contributed by atoms with Crippen LogP contribution >= 0.6 is 0 Å². The molecule has 3 rings (SSSR count). The van der Waals surface area contributed by atoms with Crippen molar-refractivity contribution >= 4 is 21.7 Å². The largest absolute Gasteiger partial charge is 0.341 e. The second-order valence-electron chi connectivity index (χ2n) is 6.28. The van der Waals surface area contributed by atoms with Crippen LogP contribution in [0.5, 0.6) is 0 Å². The van der Waals surface area contributed by atoms with E-state index in [9.17, 15) is 8.42 Å². The number of piperidine rings is 1. The first kappa shape index (κ1) is 16.7. The van der Waals surface area contributed by atoms with Gasteiger partial charge in [-0.3, -0.25) is 4.72 Å². The molecule has 130 valence electrons. The average Bonchev–Trinajstić information content (AvgIpc) is 2.89. The van der Waals surface area contributed by atoms with Gasteiger partial charge < -0.3 is 9.47 Å². The van der Waals surface area contributed by atoms with Gasteiger partial charge in [-0.25, -0.2) is 15.0 Å². The molecule has 0 aliphatic carbocycles. The molecule has 0 unspecified atom stereocenters. The van der Waals surface area contributed by atoms with Gasteiger partial charge >= 0.3 is 0 Å². The third-order valence-corrected chi connectivity index (χ3v) is 5.57. The van der Waals surface area contributed by atoms with Crippen LogP contribution in [0.4, 0.5) is 11.6 Å². The van der Waals surface area contributed by atoms with Crippen LogP contribution < -0.4 is 9.62 Å². The van der Waals surface area contributed by atoms with Crippen molar-refractivity contribution in [2.45, 2.75) is 31.7 Å². The van der Waals surface area contributed by atoms with Gasteiger partial charge in [-0.2, -0.15) is 8.42 Å². The summed E-state index contributed by atoms with van der Waals surface area (Å²) in [5.41, 5.74) is 0.326. The van der Waals surface area contributed by atoms with E-state index in [2.05, 4.69) is 31.5 Å². The lowest BCUT2D eigenvalue weighted by Crippen LogP contribution is -2.34. The van der Waals surface area contributed by atoms with E-state index in [4.69, 9.17) is 0 Å². The number of nitrogens with one attached hydrogen (secondary N) is 1. The van der Waals surface area contributed by atoms with Crippen LogP contribution in [0, 0.1) is 12.8 Å². The Morgan fingerprint density at radius 3 is 2.38 bits per heavy atom. The Kier molecular flexibility index (Phi) is 4.44. The third-order valence-electron chi connectivity index (χ3n) is 4.32. The van der Waals surface area contributed by atoms with Crippen LogP contribution in [0.25, 0.3) is 0 Å². The van der Waals surface area contributed by atoms with Gasteiger partial charge in [0.25, 0.3) is 10.0 Å². The summed E-state index contributed by atoms with van der Waals surface area (Å²) in [5, 5.41) is -0.0170. The van der Waals surface area contributed by atoms with Crippen LogP contribution in [0.15, 0.2) is 23.6 Å². The van der Waals surface area contributed by atoms with Gasteiger partial charge in [-0.1, -0.05) is 6.92 Å². The number of sulfonamides is 1. The van der Waals surface area contributed by atoms with E-state index in [0.717, 1.165) is 31.8 Å². The van der Waals surface area contributed by atoms with E-state index in [0.29, 0.717) is 17.5 Å². The Morgan fingerprint density at radius 1 is 1.21 bits per heavy atom. The Labute approximate surface area is 142 Å². The minimum Gasteiger partial charge on any atom is -0.341 e. The van der Waals surface area contributed by atoms with Crippen LogP contribution in [-0.2, 0) is 17.1 Å². The summed E-state index contributed by atoms with van der Waals surface area (Å²) in [7, 11) is -1.99. The van der Waals surface area contributed by atoms with Crippen LogP contribution in [0.3, 0.4) is 0 Å². The van der Waals surface area contributed by atoms with Crippen molar-refractivity contribution in [1.82, 2.24) is 19.5 Å². The minimum atomic E-state index is -3.74. The van der Waals surface area contributed by atoms with Crippen molar-refractivity contribution < 1.29 is 8.42 Å². The first-order chi connectivity index (χ1) is 11.3. The van der Waals surface area contributed by atoms with Gasteiger partial charge in [-0.15, -0.1) is 0 Å². The molecular formula is C15H22N6O2S. The predicted octanol–water partition coefficient (Wildman–Crippen LogP) is 1.56. The Bertz CT molecular complexity index is 787. The quantitative estimate of drug-likeness (QED) is 0.899. The van der Waals surface area contributed by atoms with E-state index in [-0.39, 0.29) is 5.03 Å². The Morgan fingerprint density at radius 2 is 1.83 bits per heavy atom. The molecule has 2 aromatic heterocycles. The zero-order valence-corrected chi connectivity index (χ0v) is 14.9. The molecule has 0 saturated carbocycles. The molecular weight excluding hydrogens is 328 g/mol. The lowest BCUT2D eigenvalue weighted by molar-refractivity contribution is 0.434. The minimum absolute atomic E-state index is 0.0170. The van der Waals surface area contributed by atoms with Gasteiger partial charge in [0.05, 0.1) is 18.1 Å². The highest BCUT2D eigenvalue weighted by Gasteiger charge is 2.20. The third kappa shape index (κ3) is 3.50. The van der Waals surface area contributed by atoms with Crippen molar-refractivity contribution in [3.8, 4) is 0 Å². The summed E-state index contributed by atoms with van der Waals surface area (Å²) < 4.78 is 28.8. The maximum absolute atomic E-state index is 12.3.